The van der Waals surface area contributed by atoms with Crippen LogP contribution in [0.1, 0.15) is 42.0 Å². The molecule has 0 saturated carbocycles. The van der Waals surface area contributed by atoms with Crippen molar-refractivity contribution in [2.75, 3.05) is 33.4 Å². The molecule has 0 spiro atoms. The molecule has 1 aromatic heterocycles. The monoisotopic (exact) mass is 649 g/mol. The number of carbonyl (C=O) groups is 1. The standard InChI is InChI=1S/C36H38F3N3O5/c1-5-46-34(43)19-25-9-12-32(33(18-25)45-4)47-28-13-15-41(16-14-28)23-35(44,36(37,38)39)30-22-42(21-26-8-6-7-24(2)17-26)31-20-27(40-3)10-11-29(30)31/h6-12,17-18,20,22,28,44H,5,13-16,19,21,23H2,1-2,4H3. The Balaban J connectivity index is 1.34. The third-order valence-electron chi connectivity index (χ3n) is 8.51. The second-order valence-corrected chi connectivity index (χ2v) is 11.9. The maximum atomic E-state index is 14.9. The zero-order chi connectivity index (χ0) is 33.8. The molecular formula is C36H38F3N3O5. The van der Waals surface area contributed by atoms with Crippen molar-refractivity contribution in [3.8, 4) is 11.5 Å². The Kier molecular flexibility index (Phi) is 10.1. The SMILES string of the molecule is [C-]#[N+]c1ccc2c(C(O)(CN3CCC(Oc4ccc(CC(=O)OCC)cc4OC)CC3)C(F)(F)F)cn(Cc3cccc(C)c3)c2c1. The van der Waals surface area contributed by atoms with Crippen LogP contribution >= 0.6 is 0 Å². The van der Waals surface area contributed by atoms with Crippen LogP contribution in [0.25, 0.3) is 15.7 Å². The molecule has 0 bridgehead atoms. The smallest absolute Gasteiger partial charge is 0.422 e. The van der Waals surface area contributed by atoms with Crippen molar-refractivity contribution in [1.82, 2.24) is 9.47 Å². The highest BCUT2D eigenvalue weighted by atomic mass is 19.4. The minimum absolute atomic E-state index is 0.0936. The van der Waals surface area contributed by atoms with E-state index in [1.54, 1.807) is 40.7 Å². The minimum Gasteiger partial charge on any atom is -0.493 e. The van der Waals surface area contributed by atoms with Gasteiger partial charge in [0.15, 0.2) is 17.2 Å². The van der Waals surface area contributed by atoms with Gasteiger partial charge < -0.3 is 23.9 Å². The van der Waals surface area contributed by atoms with Crippen LogP contribution < -0.4 is 9.47 Å². The Labute approximate surface area is 272 Å². The van der Waals surface area contributed by atoms with Gasteiger partial charge in [-0.15, -0.1) is 0 Å². The summed E-state index contributed by atoms with van der Waals surface area (Å²) < 4.78 is 63.1. The van der Waals surface area contributed by atoms with Crippen LogP contribution in [0.5, 0.6) is 11.5 Å². The van der Waals surface area contributed by atoms with Gasteiger partial charge in [0.25, 0.3) is 0 Å². The van der Waals surface area contributed by atoms with Gasteiger partial charge in [-0.2, -0.15) is 13.2 Å². The van der Waals surface area contributed by atoms with Crippen molar-refractivity contribution in [1.29, 1.82) is 0 Å². The van der Waals surface area contributed by atoms with Gasteiger partial charge in [0, 0.05) is 48.8 Å². The van der Waals surface area contributed by atoms with E-state index in [9.17, 15) is 23.1 Å². The van der Waals surface area contributed by atoms with Crippen molar-refractivity contribution >= 4 is 22.6 Å². The number of halogens is 3. The summed E-state index contributed by atoms with van der Waals surface area (Å²) in [5, 5.41) is 11.8. The molecule has 1 fully saturated rings. The number of methoxy groups -OCH3 is 1. The fourth-order valence-corrected chi connectivity index (χ4v) is 6.13. The number of ether oxygens (including phenoxy) is 3. The molecule has 1 aliphatic heterocycles. The van der Waals surface area contributed by atoms with E-state index in [0.29, 0.717) is 41.1 Å². The van der Waals surface area contributed by atoms with Crippen LogP contribution in [0, 0.1) is 13.5 Å². The summed E-state index contributed by atoms with van der Waals surface area (Å²) in [5.74, 6) is 0.577. The molecule has 1 unspecified atom stereocenters. The van der Waals surface area contributed by atoms with Gasteiger partial charge in [0.1, 0.15) is 6.10 Å². The van der Waals surface area contributed by atoms with Crippen molar-refractivity contribution in [2.45, 2.75) is 57.5 Å². The van der Waals surface area contributed by atoms with Crippen LogP contribution in [-0.2, 0) is 28.1 Å². The minimum atomic E-state index is -4.97. The van der Waals surface area contributed by atoms with Crippen LogP contribution in [0.15, 0.2) is 66.9 Å². The van der Waals surface area contributed by atoms with Crippen LogP contribution in [-0.4, -0.2) is 66.2 Å². The lowest BCUT2D eigenvalue weighted by Crippen LogP contribution is -2.53. The number of rotatable bonds is 11. The average molecular weight is 650 g/mol. The first-order chi connectivity index (χ1) is 22.4. The number of aromatic nitrogens is 1. The first-order valence-corrected chi connectivity index (χ1v) is 15.5. The fourth-order valence-electron chi connectivity index (χ4n) is 6.13. The van der Waals surface area contributed by atoms with Gasteiger partial charge >= 0.3 is 12.1 Å². The van der Waals surface area contributed by atoms with E-state index in [-0.39, 0.29) is 55.7 Å². The van der Waals surface area contributed by atoms with Gasteiger partial charge in [-0.1, -0.05) is 48.0 Å². The van der Waals surface area contributed by atoms with E-state index in [2.05, 4.69) is 4.85 Å². The van der Waals surface area contributed by atoms with Gasteiger partial charge in [0.2, 0.25) is 5.60 Å². The van der Waals surface area contributed by atoms with Crippen molar-refractivity contribution < 1.29 is 37.3 Å². The number of hydrogen-bond donors (Lipinski definition) is 1. The van der Waals surface area contributed by atoms with E-state index < -0.39 is 18.3 Å². The number of aryl methyl sites for hydroxylation is 1. The molecule has 1 aliphatic rings. The molecular weight excluding hydrogens is 611 g/mol. The van der Waals surface area contributed by atoms with E-state index in [1.165, 1.54) is 25.4 Å². The normalized spacial score (nSPS) is 15.6. The maximum absolute atomic E-state index is 14.9. The zero-order valence-electron chi connectivity index (χ0n) is 26.6. The molecule has 3 aromatic carbocycles. The Hall–Kier alpha value is -4.53. The highest BCUT2D eigenvalue weighted by Crippen LogP contribution is 2.44. The second-order valence-electron chi connectivity index (χ2n) is 11.9. The lowest BCUT2D eigenvalue weighted by atomic mass is 9.91. The Morgan fingerprint density at radius 2 is 1.81 bits per heavy atom. The molecule has 2 heterocycles. The largest absolute Gasteiger partial charge is 0.493 e. The molecule has 8 nitrogen and oxygen atoms in total. The molecule has 248 valence electrons. The summed E-state index contributed by atoms with van der Waals surface area (Å²) >= 11 is 0. The predicted octanol–water partition coefficient (Wildman–Crippen LogP) is 6.96. The van der Waals surface area contributed by atoms with Crippen LogP contribution in [0.3, 0.4) is 0 Å². The highest BCUT2D eigenvalue weighted by Gasteiger charge is 2.57. The van der Waals surface area contributed by atoms with Gasteiger partial charge in [-0.3, -0.25) is 9.69 Å². The second kappa shape index (κ2) is 14.1. The van der Waals surface area contributed by atoms with Gasteiger partial charge in [-0.05, 0) is 56.0 Å². The number of piperidine rings is 1. The van der Waals surface area contributed by atoms with Crippen LogP contribution in [0.2, 0.25) is 0 Å². The molecule has 0 aliphatic carbocycles. The molecule has 1 saturated heterocycles. The molecule has 5 rings (SSSR count). The van der Waals surface area contributed by atoms with E-state index >= 15 is 0 Å². The summed E-state index contributed by atoms with van der Waals surface area (Å²) in [4.78, 5) is 17.0. The van der Waals surface area contributed by atoms with Crippen molar-refractivity contribution in [3.05, 3.63) is 101 Å². The topological polar surface area (TPSA) is 77.5 Å². The van der Waals surface area contributed by atoms with E-state index in [1.807, 2.05) is 31.2 Å². The molecule has 0 amide bonds. The van der Waals surface area contributed by atoms with Crippen molar-refractivity contribution in [2.24, 2.45) is 0 Å². The highest BCUT2D eigenvalue weighted by molar-refractivity contribution is 5.88. The van der Waals surface area contributed by atoms with Crippen LogP contribution in [0.4, 0.5) is 18.9 Å². The maximum Gasteiger partial charge on any atom is 0.422 e. The zero-order valence-corrected chi connectivity index (χ0v) is 26.6. The molecule has 1 atom stereocenters. The van der Waals surface area contributed by atoms with Gasteiger partial charge in [-0.25, -0.2) is 4.85 Å². The number of aliphatic hydroxyl groups is 1. The first-order valence-electron chi connectivity index (χ1n) is 15.5. The van der Waals surface area contributed by atoms with E-state index in [0.717, 1.165) is 11.1 Å². The Morgan fingerprint density at radius 1 is 1.04 bits per heavy atom. The quantitative estimate of drug-likeness (QED) is 0.140. The third-order valence-corrected chi connectivity index (χ3v) is 8.51. The third kappa shape index (κ3) is 7.56. The predicted molar refractivity (Wildman–Crippen MR) is 172 cm³/mol. The summed E-state index contributed by atoms with van der Waals surface area (Å²) in [6, 6.07) is 17.4. The van der Waals surface area contributed by atoms with E-state index in [4.69, 9.17) is 20.8 Å². The average Bonchev–Trinajstić information content (AvgIpc) is 3.40. The number of carbonyl (C=O) groups excluding carboxylic acids is 1. The summed E-state index contributed by atoms with van der Waals surface area (Å²) in [7, 11) is 1.50. The summed E-state index contributed by atoms with van der Waals surface area (Å²) in [6.07, 6.45) is -2.91. The molecule has 4 aromatic rings. The summed E-state index contributed by atoms with van der Waals surface area (Å²) in [5.41, 5.74) is -0.0274. The molecule has 1 N–H and O–H groups in total. The molecule has 47 heavy (non-hydrogen) atoms. The number of hydrogen-bond acceptors (Lipinski definition) is 6. The Morgan fingerprint density at radius 3 is 2.47 bits per heavy atom. The van der Waals surface area contributed by atoms with Crippen molar-refractivity contribution in [3.63, 3.8) is 0 Å². The number of benzene rings is 3. The fraction of sp³-hybridized carbons (Fsp3) is 0.389. The van der Waals surface area contributed by atoms with Gasteiger partial charge in [0.05, 0.1) is 26.7 Å². The number of likely N-dealkylation sites (tertiary alicyclic amines) is 1. The number of nitrogens with zero attached hydrogens (tertiary/aromatic N) is 3. The first kappa shape index (κ1) is 33.8. The lowest BCUT2D eigenvalue weighted by Gasteiger charge is -2.39. The molecule has 11 heteroatoms. The summed E-state index contributed by atoms with van der Waals surface area (Å²) in [6.45, 7) is 11.6. The lowest BCUT2D eigenvalue weighted by molar-refractivity contribution is -0.272. The number of alkyl halides is 3. The number of β-amino-alcohol motifs (C(OH)–C–C–N with tert-alkyl or cyclic N) is 1. The number of esters is 1. The number of fused-ring (bicyclic) bond motifs is 1. The molecule has 0 radical (unpaired) electrons. The Bertz CT molecular complexity index is 1770.